The van der Waals surface area contributed by atoms with Gasteiger partial charge in [0, 0.05) is 23.3 Å². The van der Waals surface area contributed by atoms with Crippen molar-refractivity contribution in [2.45, 2.75) is 13.8 Å². The molecule has 82 valence electrons. The first-order chi connectivity index (χ1) is 7.45. The van der Waals surface area contributed by atoms with Crippen molar-refractivity contribution in [3.63, 3.8) is 0 Å². The molecule has 0 aliphatic carbocycles. The van der Waals surface area contributed by atoms with Crippen LogP contribution in [0.5, 0.6) is 0 Å². The summed E-state index contributed by atoms with van der Waals surface area (Å²) in [5.41, 5.74) is 0.495. The summed E-state index contributed by atoms with van der Waals surface area (Å²) < 4.78 is 0. The van der Waals surface area contributed by atoms with Gasteiger partial charge in [0.05, 0.1) is 0 Å². The van der Waals surface area contributed by atoms with Gasteiger partial charge in [-0.1, -0.05) is 0 Å². The van der Waals surface area contributed by atoms with Crippen LogP contribution in [0.15, 0.2) is 23.3 Å². The Kier molecular flexibility index (Phi) is 2.01. The number of carbonyl (C=O) groups excluding carboxylic acids is 4. The molecule has 2 aliphatic heterocycles. The number of nitrogens with zero attached hydrogens (tertiary/aromatic N) is 2. The van der Waals surface area contributed by atoms with Crippen LogP contribution in [0.3, 0.4) is 0 Å². The van der Waals surface area contributed by atoms with Gasteiger partial charge < -0.3 is 0 Å². The Morgan fingerprint density at radius 2 is 1.12 bits per heavy atom. The van der Waals surface area contributed by atoms with E-state index >= 15 is 0 Å². The molecule has 0 aromatic carbocycles. The topological polar surface area (TPSA) is 74.8 Å². The summed E-state index contributed by atoms with van der Waals surface area (Å²) in [7, 11) is 0. The summed E-state index contributed by atoms with van der Waals surface area (Å²) in [4.78, 5) is 46.0. The zero-order valence-corrected chi connectivity index (χ0v) is 8.68. The highest BCUT2D eigenvalue weighted by molar-refractivity contribution is 6.23. The molecule has 0 saturated carbocycles. The third-order valence-electron chi connectivity index (χ3n) is 2.57. The molecule has 0 aromatic heterocycles. The molecule has 16 heavy (non-hydrogen) atoms. The second-order valence-electron chi connectivity index (χ2n) is 3.49. The van der Waals surface area contributed by atoms with Gasteiger partial charge in [0.25, 0.3) is 23.6 Å². The number of amides is 4. The minimum Gasteiger partial charge on any atom is -0.267 e. The molecule has 4 amide bonds. The predicted octanol–water partition coefficient (Wildman–Crippen LogP) is -0.468. The molecule has 0 spiro atoms. The summed E-state index contributed by atoms with van der Waals surface area (Å²) in [5.74, 6) is -2.63. The molecule has 0 bridgehead atoms. The average molecular weight is 220 g/mol. The predicted molar refractivity (Wildman–Crippen MR) is 51.2 cm³/mol. The molecule has 6 heteroatoms. The van der Waals surface area contributed by atoms with Crippen LogP contribution >= 0.6 is 0 Å². The van der Waals surface area contributed by atoms with Crippen molar-refractivity contribution in [1.29, 1.82) is 0 Å². The Hall–Kier alpha value is -2.24. The summed E-state index contributed by atoms with van der Waals surface area (Å²) in [6.07, 6.45) is 2.04. The van der Waals surface area contributed by atoms with Gasteiger partial charge in [-0.05, 0) is 13.8 Å². The summed E-state index contributed by atoms with van der Waals surface area (Å²) in [5, 5.41) is 1.12. The fourth-order valence-electron chi connectivity index (χ4n) is 1.50. The van der Waals surface area contributed by atoms with Crippen LogP contribution in [0.25, 0.3) is 0 Å². The first-order valence-electron chi connectivity index (χ1n) is 4.57. The standard InChI is InChI=1S/C10H8N2O4/c1-5-6(2)10(16)12(9(5)15)11-7(13)3-4-8(11)14/h3-4H,1-2H3. The first-order valence-corrected chi connectivity index (χ1v) is 4.57. The number of hydrogen-bond acceptors (Lipinski definition) is 4. The number of carbonyl (C=O) groups is 4. The van der Waals surface area contributed by atoms with Crippen molar-refractivity contribution in [3.05, 3.63) is 23.3 Å². The van der Waals surface area contributed by atoms with Crippen molar-refractivity contribution in [1.82, 2.24) is 10.0 Å². The molecule has 0 saturated heterocycles. The molecular weight excluding hydrogens is 212 g/mol. The lowest BCUT2D eigenvalue weighted by Crippen LogP contribution is -2.50. The third kappa shape index (κ3) is 1.13. The molecule has 0 atom stereocenters. The molecule has 0 aromatic rings. The van der Waals surface area contributed by atoms with Crippen molar-refractivity contribution < 1.29 is 19.2 Å². The highest BCUT2D eigenvalue weighted by atomic mass is 16.2. The number of imide groups is 2. The van der Waals surface area contributed by atoms with E-state index < -0.39 is 23.6 Å². The maximum atomic E-state index is 11.7. The Balaban J connectivity index is 2.39. The Labute approximate surface area is 90.8 Å². The van der Waals surface area contributed by atoms with Crippen LogP contribution in [-0.4, -0.2) is 33.6 Å². The van der Waals surface area contributed by atoms with Gasteiger partial charge in [-0.2, -0.15) is 10.0 Å². The fourth-order valence-corrected chi connectivity index (χ4v) is 1.50. The summed E-state index contributed by atoms with van der Waals surface area (Å²) in [6.45, 7) is 2.96. The first kappa shape index (κ1) is 10.3. The van der Waals surface area contributed by atoms with Crippen molar-refractivity contribution in [3.8, 4) is 0 Å². The lowest BCUT2D eigenvalue weighted by molar-refractivity contribution is -0.170. The van der Waals surface area contributed by atoms with Crippen LogP contribution in [0.2, 0.25) is 0 Å². The van der Waals surface area contributed by atoms with Crippen LogP contribution in [0.1, 0.15) is 13.8 Å². The van der Waals surface area contributed by atoms with E-state index in [2.05, 4.69) is 0 Å². The van der Waals surface area contributed by atoms with Gasteiger partial charge >= 0.3 is 0 Å². The van der Waals surface area contributed by atoms with Crippen LogP contribution in [-0.2, 0) is 19.2 Å². The van der Waals surface area contributed by atoms with E-state index in [4.69, 9.17) is 0 Å². The normalized spacial score (nSPS) is 20.9. The van der Waals surface area contributed by atoms with Gasteiger partial charge in [0.15, 0.2) is 0 Å². The lowest BCUT2D eigenvalue weighted by atomic mass is 10.2. The quantitative estimate of drug-likeness (QED) is 0.560. The van der Waals surface area contributed by atoms with Gasteiger partial charge in [-0.3, -0.25) is 19.2 Å². The Morgan fingerprint density at radius 1 is 0.750 bits per heavy atom. The second-order valence-corrected chi connectivity index (χ2v) is 3.49. The van der Waals surface area contributed by atoms with Gasteiger partial charge in [-0.25, -0.2) is 0 Å². The van der Waals surface area contributed by atoms with Gasteiger partial charge in [0.1, 0.15) is 0 Å². The zero-order valence-electron chi connectivity index (χ0n) is 8.68. The maximum Gasteiger partial charge on any atom is 0.276 e. The average Bonchev–Trinajstić information content (AvgIpc) is 2.65. The van der Waals surface area contributed by atoms with E-state index in [9.17, 15) is 19.2 Å². The zero-order chi connectivity index (χ0) is 12.0. The maximum absolute atomic E-state index is 11.7. The fraction of sp³-hybridized carbons (Fsp3) is 0.200. The molecule has 2 rings (SSSR count). The molecule has 0 N–H and O–H groups in total. The molecule has 0 fully saturated rings. The Morgan fingerprint density at radius 3 is 1.50 bits per heavy atom. The molecular formula is C10H8N2O4. The number of hydrazine groups is 1. The van der Waals surface area contributed by atoms with Crippen molar-refractivity contribution >= 4 is 23.6 Å². The minimum atomic E-state index is -0.686. The smallest absolute Gasteiger partial charge is 0.267 e. The van der Waals surface area contributed by atoms with E-state index in [-0.39, 0.29) is 11.1 Å². The van der Waals surface area contributed by atoms with Gasteiger partial charge in [-0.15, -0.1) is 0 Å². The summed E-state index contributed by atoms with van der Waals surface area (Å²) in [6, 6.07) is 0. The number of rotatable bonds is 1. The Bertz CT molecular complexity index is 459. The van der Waals surface area contributed by atoms with Crippen LogP contribution in [0, 0.1) is 0 Å². The molecule has 0 radical (unpaired) electrons. The summed E-state index contributed by atoms with van der Waals surface area (Å²) >= 11 is 0. The van der Waals surface area contributed by atoms with E-state index in [1.165, 1.54) is 13.8 Å². The van der Waals surface area contributed by atoms with E-state index in [1.54, 1.807) is 0 Å². The van der Waals surface area contributed by atoms with Crippen molar-refractivity contribution in [2.75, 3.05) is 0 Å². The lowest BCUT2D eigenvalue weighted by Gasteiger charge is -2.23. The molecule has 2 heterocycles. The molecule has 6 nitrogen and oxygen atoms in total. The minimum absolute atomic E-state index is 0.248. The monoisotopic (exact) mass is 220 g/mol. The third-order valence-corrected chi connectivity index (χ3v) is 2.57. The number of hydrogen-bond donors (Lipinski definition) is 0. The molecule has 2 aliphatic rings. The largest absolute Gasteiger partial charge is 0.276 e. The van der Waals surface area contributed by atoms with Crippen LogP contribution < -0.4 is 0 Å². The molecule has 0 unspecified atom stereocenters. The van der Waals surface area contributed by atoms with Crippen LogP contribution in [0.4, 0.5) is 0 Å². The van der Waals surface area contributed by atoms with Crippen molar-refractivity contribution in [2.24, 2.45) is 0 Å². The highest BCUT2D eigenvalue weighted by Gasteiger charge is 2.43. The van der Waals surface area contributed by atoms with Gasteiger partial charge in [0.2, 0.25) is 0 Å². The second kappa shape index (κ2) is 3.13. The van der Waals surface area contributed by atoms with E-state index in [1.807, 2.05) is 0 Å². The van der Waals surface area contributed by atoms with E-state index in [0.717, 1.165) is 12.2 Å². The van der Waals surface area contributed by atoms with E-state index in [0.29, 0.717) is 10.0 Å². The highest BCUT2D eigenvalue weighted by Crippen LogP contribution is 2.23. The SMILES string of the molecule is CC1=C(C)C(=O)N(N2C(=O)C=CC2=O)C1=O.